The monoisotopic (exact) mass is 293 g/mol. The highest BCUT2D eigenvalue weighted by atomic mass is 32.1. The minimum atomic E-state index is -0.766. The Morgan fingerprint density at radius 2 is 2.05 bits per heavy atom. The van der Waals surface area contributed by atoms with Crippen molar-refractivity contribution in [3.05, 3.63) is 21.9 Å². The van der Waals surface area contributed by atoms with E-state index in [0.29, 0.717) is 19.3 Å². The van der Waals surface area contributed by atoms with Gasteiger partial charge in [0, 0.05) is 10.8 Å². The third-order valence-corrected chi connectivity index (χ3v) is 5.52. The van der Waals surface area contributed by atoms with Gasteiger partial charge in [-0.15, -0.1) is 11.3 Å². The second-order valence-corrected chi connectivity index (χ2v) is 6.80. The van der Waals surface area contributed by atoms with Crippen molar-refractivity contribution in [1.82, 2.24) is 5.32 Å². The predicted molar refractivity (Wildman–Crippen MR) is 76.6 cm³/mol. The number of thiophene rings is 1. The maximum atomic E-state index is 12.3. The highest BCUT2D eigenvalue weighted by Gasteiger charge is 2.35. The van der Waals surface area contributed by atoms with Crippen molar-refractivity contribution in [2.45, 2.75) is 44.6 Å². The Balaban J connectivity index is 1.62. The summed E-state index contributed by atoms with van der Waals surface area (Å²) in [4.78, 5) is 24.7. The molecule has 0 radical (unpaired) electrons. The molecule has 0 bridgehead atoms. The average molecular weight is 293 g/mol. The van der Waals surface area contributed by atoms with Gasteiger partial charge in [-0.25, -0.2) is 0 Å². The first kappa shape index (κ1) is 13.6. The summed E-state index contributed by atoms with van der Waals surface area (Å²) in [5.74, 6) is -1.19. The van der Waals surface area contributed by atoms with Crippen LogP contribution in [0.2, 0.25) is 0 Å². The van der Waals surface area contributed by atoms with Crippen LogP contribution < -0.4 is 5.32 Å². The third-order valence-electron chi connectivity index (χ3n) is 4.52. The maximum Gasteiger partial charge on any atom is 0.306 e. The normalized spacial score (nSPS) is 28.9. The summed E-state index contributed by atoms with van der Waals surface area (Å²) < 4.78 is 0. The highest BCUT2D eigenvalue weighted by molar-refractivity contribution is 7.10. The van der Waals surface area contributed by atoms with E-state index < -0.39 is 5.97 Å². The van der Waals surface area contributed by atoms with Crippen LogP contribution in [-0.2, 0) is 16.0 Å². The van der Waals surface area contributed by atoms with Gasteiger partial charge in [-0.05, 0) is 55.5 Å². The highest BCUT2D eigenvalue weighted by Crippen LogP contribution is 2.35. The summed E-state index contributed by atoms with van der Waals surface area (Å²) >= 11 is 1.76. The molecule has 1 aromatic rings. The first-order chi connectivity index (χ1) is 9.65. The van der Waals surface area contributed by atoms with E-state index in [4.69, 9.17) is 5.11 Å². The lowest BCUT2D eigenvalue weighted by molar-refractivity contribution is -0.141. The Kier molecular flexibility index (Phi) is 3.78. The molecule has 1 aromatic heterocycles. The summed E-state index contributed by atoms with van der Waals surface area (Å²) in [5.41, 5.74) is 1.27. The van der Waals surface area contributed by atoms with Crippen LogP contribution in [0.3, 0.4) is 0 Å². The van der Waals surface area contributed by atoms with Crippen molar-refractivity contribution < 1.29 is 14.7 Å². The zero-order valence-corrected chi connectivity index (χ0v) is 12.1. The van der Waals surface area contributed by atoms with Gasteiger partial charge in [-0.2, -0.15) is 0 Å². The minimum Gasteiger partial charge on any atom is -0.481 e. The molecule has 108 valence electrons. The van der Waals surface area contributed by atoms with E-state index in [9.17, 15) is 9.59 Å². The van der Waals surface area contributed by atoms with Gasteiger partial charge in [0.05, 0.1) is 12.0 Å². The van der Waals surface area contributed by atoms with Crippen molar-refractivity contribution >= 4 is 23.2 Å². The molecule has 4 nitrogen and oxygen atoms in total. The van der Waals surface area contributed by atoms with E-state index in [0.717, 1.165) is 19.3 Å². The van der Waals surface area contributed by atoms with Gasteiger partial charge >= 0.3 is 5.97 Å². The van der Waals surface area contributed by atoms with Crippen LogP contribution in [0, 0.1) is 11.8 Å². The van der Waals surface area contributed by atoms with Crippen molar-refractivity contribution in [2.24, 2.45) is 11.8 Å². The first-order valence-corrected chi connectivity index (χ1v) is 8.12. The lowest BCUT2D eigenvalue weighted by atomic mass is 9.93. The van der Waals surface area contributed by atoms with Gasteiger partial charge < -0.3 is 10.4 Å². The fourth-order valence-electron chi connectivity index (χ4n) is 3.37. The Hall–Kier alpha value is -1.36. The average Bonchev–Trinajstić information content (AvgIpc) is 3.08. The van der Waals surface area contributed by atoms with Crippen molar-refractivity contribution in [3.8, 4) is 0 Å². The number of nitrogens with one attached hydrogen (secondary N) is 1. The van der Waals surface area contributed by atoms with Crippen molar-refractivity contribution in [2.75, 3.05) is 0 Å². The van der Waals surface area contributed by atoms with Crippen LogP contribution in [-0.4, -0.2) is 17.0 Å². The van der Waals surface area contributed by atoms with Gasteiger partial charge in [-0.3, -0.25) is 9.59 Å². The number of carboxylic acids is 1. The molecule has 1 heterocycles. The summed E-state index contributed by atoms with van der Waals surface area (Å²) in [6.45, 7) is 0. The maximum absolute atomic E-state index is 12.3. The number of rotatable bonds is 3. The summed E-state index contributed by atoms with van der Waals surface area (Å²) in [6.07, 6.45) is 5.04. The smallest absolute Gasteiger partial charge is 0.306 e. The molecule has 2 aliphatic carbocycles. The van der Waals surface area contributed by atoms with Gasteiger partial charge in [-0.1, -0.05) is 0 Å². The zero-order valence-electron chi connectivity index (χ0n) is 11.3. The molecular weight excluding hydrogens is 274 g/mol. The van der Waals surface area contributed by atoms with Crippen LogP contribution in [0.25, 0.3) is 0 Å². The molecular formula is C15H19NO3S. The fraction of sp³-hybridized carbons (Fsp3) is 0.600. The number of aryl methyl sites for hydroxylation is 1. The molecule has 1 amide bonds. The molecule has 5 heteroatoms. The van der Waals surface area contributed by atoms with Crippen molar-refractivity contribution in [3.63, 3.8) is 0 Å². The lowest BCUT2D eigenvalue weighted by Crippen LogP contribution is -2.34. The first-order valence-electron chi connectivity index (χ1n) is 7.24. The van der Waals surface area contributed by atoms with E-state index in [1.54, 1.807) is 11.3 Å². The van der Waals surface area contributed by atoms with E-state index >= 15 is 0 Å². The van der Waals surface area contributed by atoms with Crippen LogP contribution >= 0.6 is 11.3 Å². The largest absolute Gasteiger partial charge is 0.481 e. The lowest BCUT2D eigenvalue weighted by Gasteiger charge is -2.25. The Bertz CT molecular complexity index is 525. The number of fused-ring (bicyclic) bond motifs is 1. The SMILES string of the molecule is O=C(O)[C@H]1CC[C@@H](C(=O)NC2CCCc3sccc32)C1. The molecule has 0 aliphatic heterocycles. The quantitative estimate of drug-likeness (QED) is 0.900. The van der Waals surface area contributed by atoms with E-state index in [2.05, 4.69) is 16.8 Å². The van der Waals surface area contributed by atoms with Gasteiger partial charge in [0.1, 0.15) is 0 Å². The second kappa shape index (κ2) is 5.56. The van der Waals surface area contributed by atoms with Crippen LogP contribution in [0.1, 0.15) is 48.6 Å². The van der Waals surface area contributed by atoms with Gasteiger partial charge in [0.2, 0.25) is 5.91 Å². The van der Waals surface area contributed by atoms with E-state index in [-0.39, 0.29) is 23.8 Å². The number of carbonyl (C=O) groups is 2. The molecule has 2 aliphatic rings. The molecule has 20 heavy (non-hydrogen) atoms. The molecule has 3 atom stereocenters. The topological polar surface area (TPSA) is 66.4 Å². The Morgan fingerprint density at radius 1 is 1.25 bits per heavy atom. The standard InChI is InChI=1S/C15H19NO3S/c17-14(9-4-5-10(8-9)15(18)19)16-12-2-1-3-13-11(12)6-7-20-13/h6-7,9-10,12H,1-5,8H2,(H,16,17)(H,18,19)/t9-,10+,12?/m1/s1. The summed E-state index contributed by atoms with van der Waals surface area (Å²) in [6, 6.07) is 2.24. The van der Waals surface area contributed by atoms with E-state index in [1.165, 1.54) is 10.4 Å². The Morgan fingerprint density at radius 3 is 2.80 bits per heavy atom. The fourth-order valence-corrected chi connectivity index (χ4v) is 4.36. The molecule has 2 N–H and O–H groups in total. The second-order valence-electron chi connectivity index (χ2n) is 5.80. The van der Waals surface area contributed by atoms with Gasteiger partial charge in [0.15, 0.2) is 0 Å². The molecule has 0 spiro atoms. The minimum absolute atomic E-state index is 0.0396. The number of amides is 1. The Labute approximate surface area is 122 Å². The number of aliphatic carboxylic acids is 1. The molecule has 1 unspecified atom stereocenters. The van der Waals surface area contributed by atoms with Crippen LogP contribution in [0.5, 0.6) is 0 Å². The molecule has 1 saturated carbocycles. The number of hydrogen-bond acceptors (Lipinski definition) is 3. The predicted octanol–water partition coefficient (Wildman–Crippen LogP) is 2.74. The number of carbonyl (C=O) groups excluding carboxylic acids is 1. The van der Waals surface area contributed by atoms with E-state index in [1.807, 2.05) is 0 Å². The van der Waals surface area contributed by atoms with Gasteiger partial charge in [0.25, 0.3) is 0 Å². The third kappa shape index (κ3) is 2.59. The molecule has 3 rings (SSSR count). The summed E-state index contributed by atoms with van der Waals surface area (Å²) in [5, 5.41) is 14.2. The molecule has 1 fully saturated rings. The summed E-state index contributed by atoms with van der Waals surface area (Å²) in [7, 11) is 0. The number of carboxylic acid groups (broad SMARTS) is 1. The van der Waals surface area contributed by atoms with Crippen molar-refractivity contribution in [1.29, 1.82) is 0 Å². The molecule has 0 aromatic carbocycles. The number of hydrogen-bond donors (Lipinski definition) is 2. The zero-order chi connectivity index (χ0) is 14.1. The van der Waals surface area contributed by atoms with Crippen LogP contribution in [0.15, 0.2) is 11.4 Å². The van der Waals surface area contributed by atoms with Crippen LogP contribution in [0.4, 0.5) is 0 Å². The molecule has 0 saturated heterocycles.